The lowest BCUT2D eigenvalue weighted by molar-refractivity contribution is 0.0728. The number of ether oxygens (including phenoxy) is 2. The van der Waals surface area contributed by atoms with Gasteiger partial charge in [0.15, 0.2) is 11.5 Å². The summed E-state index contributed by atoms with van der Waals surface area (Å²) < 4.78 is 12.3. The molecule has 4 rings (SSSR count). The normalized spacial score (nSPS) is 10.9. The van der Waals surface area contributed by atoms with Gasteiger partial charge < -0.3 is 20.2 Å². The van der Waals surface area contributed by atoms with Gasteiger partial charge in [-0.05, 0) is 74.2 Å². The zero-order valence-corrected chi connectivity index (χ0v) is 20.9. The van der Waals surface area contributed by atoms with Crippen LogP contribution < -0.4 is 15.2 Å². The van der Waals surface area contributed by atoms with E-state index in [-0.39, 0.29) is 5.75 Å². The van der Waals surface area contributed by atoms with E-state index in [4.69, 9.17) is 15.2 Å². The van der Waals surface area contributed by atoms with Gasteiger partial charge in [-0.15, -0.1) is 0 Å². The lowest BCUT2D eigenvalue weighted by Gasteiger charge is -2.15. The Morgan fingerprint density at radius 2 is 1.82 bits per heavy atom. The first-order valence-corrected chi connectivity index (χ1v) is 11.6. The molecule has 1 aromatic heterocycles. The van der Waals surface area contributed by atoms with E-state index in [1.807, 2.05) is 19.1 Å². The maximum atomic E-state index is 12.7. The molecule has 0 saturated carbocycles. The number of imidazole rings is 1. The Hall–Kier alpha value is -3.17. The average Bonchev–Trinajstić information content (AvgIpc) is 3.26. The van der Waals surface area contributed by atoms with Crippen molar-refractivity contribution in [2.75, 3.05) is 7.11 Å². The molecule has 0 atom stereocenters. The van der Waals surface area contributed by atoms with Crippen LogP contribution in [0.15, 0.2) is 57.5 Å². The first kappa shape index (κ1) is 23.0. The van der Waals surface area contributed by atoms with Crippen molar-refractivity contribution in [3.8, 4) is 22.9 Å². The van der Waals surface area contributed by atoms with Gasteiger partial charge in [-0.3, -0.25) is 4.79 Å². The second-order valence-corrected chi connectivity index (χ2v) is 8.76. The van der Waals surface area contributed by atoms with E-state index in [9.17, 15) is 9.59 Å². The van der Waals surface area contributed by atoms with E-state index >= 15 is 0 Å². The molecule has 168 valence electrons. The molecule has 33 heavy (non-hydrogen) atoms. The Balaban J connectivity index is 1.75. The van der Waals surface area contributed by atoms with Crippen LogP contribution in [0.4, 0.5) is 0 Å². The van der Waals surface area contributed by atoms with Crippen LogP contribution in [0.3, 0.4) is 0 Å². The minimum atomic E-state index is -0.564. The van der Waals surface area contributed by atoms with Crippen LogP contribution in [0.1, 0.15) is 33.2 Å². The van der Waals surface area contributed by atoms with Gasteiger partial charge in [0.2, 0.25) is 0 Å². The van der Waals surface area contributed by atoms with Crippen LogP contribution in [0.25, 0.3) is 22.4 Å². The summed E-state index contributed by atoms with van der Waals surface area (Å²) in [5.41, 5.74) is 9.12. The topological polar surface area (TPSA) is 107 Å². The fourth-order valence-electron chi connectivity index (χ4n) is 3.39. The summed E-state index contributed by atoms with van der Waals surface area (Å²) in [6, 6.07) is 14.1. The van der Waals surface area contributed by atoms with Gasteiger partial charge in [0.05, 0.1) is 28.2 Å². The number of rotatable bonds is 6. The Morgan fingerprint density at radius 1 is 1.09 bits per heavy atom. The van der Waals surface area contributed by atoms with E-state index in [2.05, 4.69) is 41.8 Å². The molecule has 0 aliphatic heterocycles. The van der Waals surface area contributed by atoms with Gasteiger partial charge >= 0.3 is 5.97 Å². The summed E-state index contributed by atoms with van der Waals surface area (Å²) in [7, 11) is 1.48. The molecule has 0 unspecified atom stereocenters. The van der Waals surface area contributed by atoms with Crippen molar-refractivity contribution in [1.82, 2.24) is 9.97 Å². The number of nitrogens with two attached hydrogens (primary N) is 1. The van der Waals surface area contributed by atoms with Crippen LogP contribution in [-0.2, 0) is 6.42 Å². The predicted molar refractivity (Wildman–Crippen MR) is 133 cm³/mol. The molecule has 0 saturated heterocycles. The van der Waals surface area contributed by atoms with Gasteiger partial charge in [-0.2, -0.15) is 0 Å². The Labute approximate surface area is 206 Å². The van der Waals surface area contributed by atoms with Crippen molar-refractivity contribution < 1.29 is 19.1 Å². The van der Waals surface area contributed by atoms with E-state index in [1.165, 1.54) is 7.11 Å². The quantitative estimate of drug-likeness (QED) is 0.229. The average molecular weight is 573 g/mol. The Morgan fingerprint density at radius 3 is 2.45 bits per heavy atom. The maximum absolute atomic E-state index is 12.7. The minimum Gasteiger partial charge on any atom is -0.493 e. The van der Waals surface area contributed by atoms with Crippen molar-refractivity contribution in [1.29, 1.82) is 0 Å². The number of hydrogen-bond donors (Lipinski definition) is 2. The molecule has 0 bridgehead atoms. The van der Waals surface area contributed by atoms with E-state index < -0.39 is 11.9 Å². The summed E-state index contributed by atoms with van der Waals surface area (Å²) in [6.45, 7) is 2.05. The number of aromatic nitrogens is 2. The highest BCUT2D eigenvalue weighted by Gasteiger charge is 2.23. The Kier molecular flexibility index (Phi) is 6.53. The lowest BCUT2D eigenvalue weighted by Crippen LogP contribution is -2.11. The van der Waals surface area contributed by atoms with Crippen LogP contribution >= 0.6 is 31.9 Å². The standard InChI is InChI=1S/C24H19Br2N3O4/c1-3-12-7-9-13(10-8-12)24(31)33-21-17(32-2)11-15(18(25)19(21)26)23-28-16-6-4-5-14(22(27)30)20(16)29-23/h4-11H,3H2,1-2H3,(H2,27,30)(H,28,29). The molecular formula is C24H19Br2N3O4. The number of aromatic amines is 1. The number of carbonyl (C=O) groups is 2. The van der Waals surface area contributed by atoms with Crippen LogP contribution in [0.2, 0.25) is 0 Å². The lowest BCUT2D eigenvalue weighted by atomic mass is 10.1. The number of fused-ring (bicyclic) bond motifs is 1. The summed E-state index contributed by atoms with van der Waals surface area (Å²) >= 11 is 7.06. The number of aryl methyl sites for hydroxylation is 1. The second kappa shape index (κ2) is 9.36. The number of para-hydroxylation sites is 1. The molecule has 0 spiro atoms. The highest BCUT2D eigenvalue weighted by atomic mass is 79.9. The fourth-order valence-corrected chi connectivity index (χ4v) is 4.36. The highest BCUT2D eigenvalue weighted by Crippen LogP contribution is 2.46. The van der Waals surface area contributed by atoms with E-state index in [1.54, 1.807) is 36.4 Å². The number of carbonyl (C=O) groups excluding carboxylic acids is 2. The molecule has 3 N–H and O–H groups in total. The highest BCUT2D eigenvalue weighted by molar-refractivity contribution is 9.13. The Bertz CT molecular complexity index is 1380. The number of methoxy groups -OCH3 is 1. The number of H-pyrrole nitrogens is 1. The molecule has 0 aliphatic carbocycles. The minimum absolute atomic E-state index is 0.228. The molecule has 7 nitrogen and oxygen atoms in total. The summed E-state index contributed by atoms with van der Waals surface area (Å²) in [5, 5.41) is 0. The number of hydrogen-bond acceptors (Lipinski definition) is 5. The van der Waals surface area contributed by atoms with Gasteiger partial charge in [0.1, 0.15) is 11.3 Å². The smallest absolute Gasteiger partial charge is 0.343 e. The number of benzene rings is 3. The molecule has 0 radical (unpaired) electrons. The van der Waals surface area contributed by atoms with Gasteiger partial charge in [0, 0.05) is 10.0 Å². The van der Waals surface area contributed by atoms with E-state index in [0.717, 1.165) is 12.0 Å². The number of nitrogens with one attached hydrogen (secondary N) is 1. The van der Waals surface area contributed by atoms with Gasteiger partial charge in [-0.25, -0.2) is 9.78 Å². The molecule has 0 fully saturated rings. The molecule has 1 amide bonds. The summed E-state index contributed by atoms with van der Waals surface area (Å²) in [5.74, 6) is -0.0322. The molecule has 1 heterocycles. The summed E-state index contributed by atoms with van der Waals surface area (Å²) in [4.78, 5) is 32.3. The largest absolute Gasteiger partial charge is 0.493 e. The van der Waals surface area contributed by atoms with Crippen molar-refractivity contribution >= 4 is 54.8 Å². The predicted octanol–water partition coefficient (Wildman–Crippen LogP) is 5.64. The summed E-state index contributed by atoms with van der Waals surface area (Å²) in [6.07, 6.45) is 0.881. The number of amides is 1. The van der Waals surface area contributed by atoms with Crippen molar-refractivity contribution in [2.24, 2.45) is 5.73 Å². The zero-order chi connectivity index (χ0) is 23.7. The third-order valence-corrected chi connectivity index (χ3v) is 7.29. The molecular weight excluding hydrogens is 554 g/mol. The van der Waals surface area contributed by atoms with Crippen LogP contribution in [-0.4, -0.2) is 29.0 Å². The molecule has 4 aromatic rings. The van der Waals surface area contributed by atoms with Crippen LogP contribution in [0, 0.1) is 0 Å². The third-order valence-electron chi connectivity index (χ3n) is 5.17. The molecule has 3 aromatic carbocycles. The molecule has 0 aliphatic rings. The number of nitrogens with zero attached hydrogens (tertiary/aromatic N) is 1. The number of halogens is 2. The SMILES string of the molecule is CCc1ccc(C(=O)Oc2c(OC)cc(-c3nc4c(C(N)=O)cccc4[nH]3)c(Br)c2Br)cc1. The van der Waals surface area contributed by atoms with Crippen molar-refractivity contribution in [2.45, 2.75) is 13.3 Å². The maximum Gasteiger partial charge on any atom is 0.343 e. The molecule has 9 heteroatoms. The zero-order valence-electron chi connectivity index (χ0n) is 17.7. The monoisotopic (exact) mass is 571 g/mol. The number of primary amides is 1. The first-order chi connectivity index (χ1) is 15.8. The fraction of sp³-hybridized carbons (Fsp3) is 0.125. The number of esters is 1. The van der Waals surface area contributed by atoms with Crippen molar-refractivity contribution in [3.63, 3.8) is 0 Å². The van der Waals surface area contributed by atoms with Gasteiger partial charge in [0.25, 0.3) is 5.91 Å². The second-order valence-electron chi connectivity index (χ2n) is 7.17. The first-order valence-electron chi connectivity index (χ1n) is 10.00. The third kappa shape index (κ3) is 4.38. The van der Waals surface area contributed by atoms with Crippen LogP contribution in [0.5, 0.6) is 11.5 Å². The van der Waals surface area contributed by atoms with E-state index in [0.29, 0.717) is 48.2 Å². The van der Waals surface area contributed by atoms with Crippen molar-refractivity contribution in [3.05, 3.63) is 74.2 Å². The van der Waals surface area contributed by atoms with Gasteiger partial charge in [-0.1, -0.05) is 25.1 Å².